The Morgan fingerprint density at radius 1 is 0.947 bits per heavy atom. The van der Waals surface area contributed by atoms with Crippen molar-refractivity contribution in [3.05, 3.63) is 65.5 Å². The highest BCUT2D eigenvalue weighted by Crippen LogP contribution is 2.02. The van der Waals surface area contributed by atoms with Crippen LogP contribution in [0.25, 0.3) is 0 Å². The van der Waals surface area contributed by atoms with Gasteiger partial charge in [-0.25, -0.2) is 9.59 Å². The number of benzene rings is 1. The van der Waals surface area contributed by atoms with E-state index in [-0.39, 0.29) is 11.1 Å². The van der Waals surface area contributed by atoms with Crippen LogP contribution in [-0.4, -0.2) is 27.1 Å². The van der Waals surface area contributed by atoms with Gasteiger partial charge < -0.3 is 10.2 Å². The van der Waals surface area contributed by atoms with Crippen LogP contribution >= 0.6 is 0 Å². The fourth-order valence-electron chi connectivity index (χ4n) is 1.21. The molecule has 98 valence electrons. The molecule has 0 radical (unpaired) electrons. The molecular formula is C14H13NO4. The van der Waals surface area contributed by atoms with Crippen molar-refractivity contribution >= 4 is 11.9 Å². The number of hydrogen-bond donors (Lipinski definition) is 2. The minimum Gasteiger partial charge on any atom is -0.478 e. The van der Waals surface area contributed by atoms with Gasteiger partial charge in [-0.05, 0) is 13.0 Å². The van der Waals surface area contributed by atoms with Crippen molar-refractivity contribution in [3.63, 3.8) is 0 Å². The van der Waals surface area contributed by atoms with E-state index < -0.39 is 11.9 Å². The third-order valence-electron chi connectivity index (χ3n) is 2.17. The molecule has 0 saturated carbocycles. The smallest absolute Gasteiger partial charge is 0.337 e. The number of aromatic nitrogens is 1. The van der Waals surface area contributed by atoms with Crippen LogP contribution in [0.2, 0.25) is 0 Å². The Bertz CT molecular complexity index is 537. The third-order valence-corrected chi connectivity index (χ3v) is 2.17. The first-order chi connectivity index (χ1) is 9.00. The summed E-state index contributed by atoms with van der Waals surface area (Å²) < 4.78 is 0. The quantitative estimate of drug-likeness (QED) is 0.865. The molecule has 0 amide bonds. The molecule has 0 saturated heterocycles. The van der Waals surface area contributed by atoms with E-state index in [4.69, 9.17) is 10.2 Å². The van der Waals surface area contributed by atoms with Crippen molar-refractivity contribution in [3.8, 4) is 0 Å². The first kappa shape index (κ1) is 14.4. The molecule has 5 heteroatoms. The van der Waals surface area contributed by atoms with Crippen LogP contribution in [0.15, 0.2) is 48.8 Å². The van der Waals surface area contributed by atoms with E-state index in [1.165, 1.54) is 5.56 Å². The topological polar surface area (TPSA) is 87.5 Å². The molecule has 5 nitrogen and oxygen atoms in total. The first-order valence-corrected chi connectivity index (χ1v) is 5.44. The fourth-order valence-corrected chi connectivity index (χ4v) is 1.21. The minimum atomic E-state index is -1.19. The van der Waals surface area contributed by atoms with E-state index in [1.807, 2.05) is 18.2 Å². The van der Waals surface area contributed by atoms with Gasteiger partial charge in [0.25, 0.3) is 0 Å². The lowest BCUT2D eigenvalue weighted by atomic mass is 10.2. The summed E-state index contributed by atoms with van der Waals surface area (Å²) in [6, 6.07) is 11.3. The molecule has 1 aromatic heterocycles. The number of aromatic carboxylic acids is 2. The van der Waals surface area contributed by atoms with E-state index in [1.54, 1.807) is 0 Å². The number of aryl methyl sites for hydroxylation is 1. The fraction of sp³-hybridized carbons (Fsp3) is 0.0714. The van der Waals surface area contributed by atoms with Gasteiger partial charge in [-0.2, -0.15) is 0 Å². The van der Waals surface area contributed by atoms with Gasteiger partial charge in [-0.3, -0.25) is 4.98 Å². The van der Waals surface area contributed by atoms with Crippen LogP contribution in [0.1, 0.15) is 26.3 Å². The van der Waals surface area contributed by atoms with Crippen LogP contribution in [-0.2, 0) is 0 Å². The first-order valence-electron chi connectivity index (χ1n) is 5.44. The molecule has 0 bridgehead atoms. The van der Waals surface area contributed by atoms with Gasteiger partial charge >= 0.3 is 11.9 Å². The van der Waals surface area contributed by atoms with Crippen LogP contribution in [0.4, 0.5) is 0 Å². The maximum atomic E-state index is 10.3. The second kappa shape index (κ2) is 6.90. The average molecular weight is 259 g/mol. The van der Waals surface area contributed by atoms with Gasteiger partial charge in [0.05, 0.1) is 11.1 Å². The van der Waals surface area contributed by atoms with E-state index in [0.29, 0.717) is 0 Å². The van der Waals surface area contributed by atoms with Crippen molar-refractivity contribution < 1.29 is 19.8 Å². The Kier molecular flexibility index (Phi) is 5.22. The van der Waals surface area contributed by atoms with Gasteiger partial charge in [0, 0.05) is 12.4 Å². The molecule has 0 aliphatic carbocycles. The Morgan fingerprint density at radius 2 is 1.42 bits per heavy atom. The number of carbonyl (C=O) groups is 2. The molecule has 19 heavy (non-hydrogen) atoms. The number of nitrogens with zero attached hydrogens (tertiary/aromatic N) is 1. The summed E-state index contributed by atoms with van der Waals surface area (Å²) in [7, 11) is 0. The molecule has 0 unspecified atom stereocenters. The Labute approximate surface area is 110 Å². The predicted octanol–water partition coefficient (Wildman–Crippen LogP) is 2.47. The van der Waals surface area contributed by atoms with Crippen LogP contribution < -0.4 is 0 Å². The molecule has 2 rings (SSSR count). The minimum absolute atomic E-state index is 0.130. The monoisotopic (exact) mass is 259 g/mol. The van der Waals surface area contributed by atoms with Gasteiger partial charge in [0.1, 0.15) is 0 Å². The maximum absolute atomic E-state index is 10.3. The lowest BCUT2D eigenvalue weighted by Crippen LogP contribution is -2.02. The van der Waals surface area contributed by atoms with Crippen LogP contribution in [0.5, 0.6) is 0 Å². The lowest BCUT2D eigenvalue weighted by Gasteiger charge is -1.94. The van der Waals surface area contributed by atoms with Gasteiger partial charge in [-0.1, -0.05) is 35.9 Å². The standard InChI is InChI=1S/C7H5NO4.C7H8/c9-6(10)4-1-5(7(11)12)3-8-2-4;1-7-5-3-2-4-6-7/h1-3H,(H,9,10)(H,11,12);2-6H,1H3. The summed E-state index contributed by atoms with van der Waals surface area (Å²) in [6.45, 7) is 2.08. The highest BCUT2D eigenvalue weighted by molar-refractivity contribution is 5.92. The molecule has 2 N–H and O–H groups in total. The van der Waals surface area contributed by atoms with Crippen LogP contribution in [0, 0.1) is 6.92 Å². The summed E-state index contributed by atoms with van der Waals surface area (Å²) in [5, 5.41) is 16.9. The van der Waals surface area contributed by atoms with Gasteiger partial charge in [0.15, 0.2) is 0 Å². The zero-order chi connectivity index (χ0) is 14.3. The van der Waals surface area contributed by atoms with E-state index >= 15 is 0 Å². The van der Waals surface area contributed by atoms with Gasteiger partial charge in [0.2, 0.25) is 0 Å². The van der Waals surface area contributed by atoms with E-state index in [0.717, 1.165) is 18.5 Å². The number of pyridine rings is 1. The van der Waals surface area contributed by atoms with Gasteiger partial charge in [-0.15, -0.1) is 0 Å². The number of carboxylic acids is 2. The van der Waals surface area contributed by atoms with Crippen LogP contribution in [0.3, 0.4) is 0 Å². The largest absolute Gasteiger partial charge is 0.478 e. The van der Waals surface area contributed by atoms with Crippen molar-refractivity contribution in [2.24, 2.45) is 0 Å². The zero-order valence-corrected chi connectivity index (χ0v) is 10.3. The average Bonchev–Trinajstić information content (AvgIpc) is 2.40. The number of hydrogen-bond acceptors (Lipinski definition) is 3. The maximum Gasteiger partial charge on any atom is 0.337 e. The van der Waals surface area contributed by atoms with Crippen molar-refractivity contribution in [2.45, 2.75) is 6.92 Å². The van der Waals surface area contributed by atoms with Crippen molar-refractivity contribution in [1.29, 1.82) is 0 Å². The Hall–Kier alpha value is -2.69. The van der Waals surface area contributed by atoms with Crippen molar-refractivity contribution in [2.75, 3.05) is 0 Å². The lowest BCUT2D eigenvalue weighted by molar-refractivity contribution is 0.0696. The summed E-state index contributed by atoms with van der Waals surface area (Å²) in [6.07, 6.45) is 2.18. The van der Waals surface area contributed by atoms with E-state index in [2.05, 4.69) is 24.0 Å². The zero-order valence-electron chi connectivity index (χ0n) is 10.3. The molecule has 1 aromatic carbocycles. The number of carboxylic acid groups (broad SMARTS) is 2. The molecule has 0 aliphatic rings. The highest BCUT2D eigenvalue weighted by Gasteiger charge is 2.07. The Balaban J connectivity index is 0.000000218. The summed E-state index contributed by atoms with van der Waals surface area (Å²) in [5.74, 6) is -2.38. The second-order valence-electron chi connectivity index (χ2n) is 3.73. The molecule has 0 fully saturated rings. The molecular weight excluding hydrogens is 246 g/mol. The summed E-state index contributed by atoms with van der Waals surface area (Å²) in [4.78, 5) is 24.2. The molecule has 2 aromatic rings. The second-order valence-corrected chi connectivity index (χ2v) is 3.73. The summed E-state index contributed by atoms with van der Waals surface area (Å²) >= 11 is 0. The SMILES string of the molecule is Cc1ccccc1.O=C(O)c1cncc(C(=O)O)c1. The summed E-state index contributed by atoms with van der Waals surface area (Å²) in [5.41, 5.74) is 1.06. The molecule has 0 spiro atoms. The van der Waals surface area contributed by atoms with E-state index in [9.17, 15) is 9.59 Å². The predicted molar refractivity (Wildman–Crippen MR) is 69.3 cm³/mol. The molecule has 0 atom stereocenters. The Morgan fingerprint density at radius 3 is 1.74 bits per heavy atom. The molecule has 1 heterocycles. The number of rotatable bonds is 2. The molecule has 0 aliphatic heterocycles. The van der Waals surface area contributed by atoms with Crippen molar-refractivity contribution in [1.82, 2.24) is 4.98 Å². The highest BCUT2D eigenvalue weighted by atomic mass is 16.4. The normalized spacial score (nSPS) is 9.11. The third kappa shape index (κ3) is 4.99.